The van der Waals surface area contributed by atoms with Gasteiger partial charge in [0.2, 0.25) is 0 Å². The van der Waals surface area contributed by atoms with Crippen molar-refractivity contribution in [1.82, 2.24) is 4.67 Å². The van der Waals surface area contributed by atoms with Crippen LogP contribution in [0.5, 0.6) is 0 Å². The number of nitrogens with zero attached hydrogens (tertiary/aromatic N) is 1. The first-order chi connectivity index (χ1) is 11.4. The molecule has 0 bridgehead atoms. The summed E-state index contributed by atoms with van der Waals surface area (Å²) in [6.07, 6.45) is 1.91. The van der Waals surface area contributed by atoms with Crippen LogP contribution in [0.15, 0.2) is 11.2 Å². The molecule has 0 N–H and O–H groups in total. The Morgan fingerprint density at radius 3 is 2.58 bits per heavy atom. The van der Waals surface area contributed by atoms with Crippen molar-refractivity contribution in [3.63, 3.8) is 0 Å². The zero-order valence-corrected chi connectivity index (χ0v) is 17.8. The van der Waals surface area contributed by atoms with Gasteiger partial charge in [-0.15, -0.1) is 0 Å². The highest BCUT2D eigenvalue weighted by atomic mass is 33.1. The van der Waals surface area contributed by atoms with Gasteiger partial charge in [-0.3, -0.25) is 0 Å². The van der Waals surface area contributed by atoms with Crippen LogP contribution in [0.1, 0.15) is 47.5 Å². The van der Waals surface area contributed by atoms with Crippen LogP contribution >= 0.6 is 30.1 Å². The normalized spacial score (nSPS) is 29.3. The summed E-state index contributed by atoms with van der Waals surface area (Å²) in [5.74, 6) is 2.54. The molecule has 4 unspecified atom stereocenters. The molecule has 4 nitrogen and oxygen atoms in total. The molecule has 2 rings (SSSR count). The lowest BCUT2D eigenvalue weighted by Crippen LogP contribution is -2.34. The van der Waals surface area contributed by atoms with Crippen LogP contribution in [0.4, 0.5) is 0 Å². The molecule has 1 saturated heterocycles. The Hall–Kier alpha value is 0.615. The monoisotopic (exact) mass is 389 g/mol. The molecule has 2 aliphatic heterocycles. The van der Waals surface area contributed by atoms with E-state index in [1.165, 1.54) is 0 Å². The summed E-state index contributed by atoms with van der Waals surface area (Å²) in [6.45, 7) is 11.5. The number of allylic oxidation sites excluding steroid dienone is 1. The molecule has 1 fully saturated rings. The number of rotatable bonds is 8. The third-order valence-electron chi connectivity index (χ3n) is 4.06. The van der Waals surface area contributed by atoms with Gasteiger partial charge in [0.15, 0.2) is 0 Å². The Morgan fingerprint density at radius 2 is 2.08 bits per heavy atom. The van der Waals surface area contributed by atoms with Gasteiger partial charge in [0.1, 0.15) is 13.6 Å². The second-order valence-corrected chi connectivity index (χ2v) is 10.6. The van der Waals surface area contributed by atoms with E-state index in [1.54, 1.807) is 10.8 Å². The molecule has 4 atom stereocenters. The van der Waals surface area contributed by atoms with Crippen molar-refractivity contribution in [2.75, 3.05) is 12.4 Å². The largest absolute Gasteiger partial charge is 0.440 e. The summed E-state index contributed by atoms with van der Waals surface area (Å²) >= 11 is 0. The minimum atomic E-state index is -1.15. The van der Waals surface area contributed by atoms with E-state index in [4.69, 9.17) is 21.6 Å². The van der Waals surface area contributed by atoms with Crippen LogP contribution in [0, 0.1) is 5.92 Å². The van der Waals surface area contributed by atoms with E-state index in [0.29, 0.717) is 24.6 Å². The van der Waals surface area contributed by atoms with Gasteiger partial charge in [0, 0.05) is 35.7 Å². The lowest BCUT2D eigenvalue weighted by molar-refractivity contribution is 0.0320. The fourth-order valence-electron chi connectivity index (χ4n) is 2.89. The zero-order valence-electron chi connectivity index (χ0n) is 15.3. The van der Waals surface area contributed by atoms with E-state index in [0.717, 1.165) is 24.4 Å². The van der Waals surface area contributed by atoms with Crippen LogP contribution in [0.3, 0.4) is 0 Å². The fraction of sp³-hybridized carbons (Fsp3) is 0.875. The molecular weight excluding hydrogens is 360 g/mol. The van der Waals surface area contributed by atoms with Crippen molar-refractivity contribution in [2.45, 2.75) is 71.7 Å². The van der Waals surface area contributed by atoms with E-state index in [1.807, 2.05) is 10.8 Å². The third kappa shape index (κ3) is 6.10. The summed E-state index contributed by atoms with van der Waals surface area (Å²) in [5, 5.41) is 2.11. The molecule has 2 heterocycles. The highest BCUT2D eigenvalue weighted by Gasteiger charge is 2.34. The summed E-state index contributed by atoms with van der Waals surface area (Å²) < 4.78 is 20.7. The molecule has 0 aromatic rings. The molecule has 0 saturated carbocycles. The minimum absolute atomic E-state index is 0.0556. The third-order valence-corrected chi connectivity index (χ3v) is 8.18. The van der Waals surface area contributed by atoms with Crippen molar-refractivity contribution < 1.29 is 13.8 Å². The van der Waals surface area contributed by atoms with Gasteiger partial charge in [0.05, 0.1) is 12.7 Å². The van der Waals surface area contributed by atoms with Gasteiger partial charge >= 0.3 is 8.53 Å². The van der Waals surface area contributed by atoms with Gasteiger partial charge in [-0.2, -0.15) is 0 Å². The van der Waals surface area contributed by atoms with Gasteiger partial charge in [-0.1, -0.05) is 28.5 Å². The van der Waals surface area contributed by atoms with Crippen LogP contribution < -0.4 is 0 Å². The minimum Gasteiger partial charge on any atom is -0.440 e. The molecule has 8 heteroatoms. The van der Waals surface area contributed by atoms with E-state index < -0.39 is 8.53 Å². The molecule has 0 amide bonds. The SMILES string of the molecule is [B]C1CC(C)C(COP(OC2=CSSCC2)N(C(C)C)C(C)C)O1. The Labute approximate surface area is 157 Å². The number of hydrogen-bond acceptors (Lipinski definition) is 6. The van der Waals surface area contributed by atoms with Gasteiger partial charge < -0.3 is 13.8 Å². The fourth-order valence-corrected chi connectivity index (χ4v) is 6.40. The average Bonchev–Trinajstić information content (AvgIpc) is 2.83. The standard InChI is InChI=1S/C16H29BNO3PS2/c1-11(2)18(12(3)4)22(21-14-6-7-23-24-10-14)19-9-15-13(5)8-16(17)20-15/h10-13,15-16H,6-9H2,1-5H3. The maximum Gasteiger partial charge on any atom is 0.321 e. The highest BCUT2D eigenvalue weighted by molar-refractivity contribution is 8.77. The molecule has 2 aliphatic rings. The number of hydrogen-bond donors (Lipinski definition) is 0. The maximum absolute atomic E-state index is 6.31. The first kappa shape index (κ1) is 20.9. The van der Waals surface area contributed by atoms with Crippen LogP contribution in [-0.4, -0.2) is 49.1 Å². The lowest BCUT2D eigenvalue weighted by Gasteiger charge is -2.36. The second kappa shape index (κ2) is 10.1. The van der Waals surface area contributed by atoms with E-state index in [2.05, 4.69) is 44.7 Å². The van der Waals surface area contributed by atoms with E-state index in [-0.39, 0.29) is 12.1 Å². The summed E-state index contributed by atoms with van der Waals surface area (Å²) in [6, 6.07) is 0.541. The van der Waals surface area contributed by atoms with Crippen molar-refractivity contribution in [2.24, 2.45) is 5.92 Å². The van der Waals surface area contributed by atoms with E-state index >= 15 is 0 Å². The molecule has 2 radical (unpaired) electrons. The maximum atomic E-state index is 6.31. The van der Waals surface area contributed by atoms with Gasteiger partial charge in [-0.25, -0.2) is 4.67 Å². The lowest BCUT2D eigenvalue weighted by atomic mass is 9.92. The predicted molar refractivity (Wildman–Crippen MR) is 107 cm³/mol. The molecule has 0 aromatic carbocycles. The number of ether oxygens (including phenoxy) is 1. The van der Waals surface area contributed by atoms with Crippen LogP contribution in [0.2, 0.25) is 0 Å². The Kier molecular flexibility index (Phi) is 8.79. The van der Waals surface area contributed by atoms with Crippen LogP contribution in [-0.2, 0) is 13.8 Å². The molecule has 0 aliphatic carbocycles. The average molecular weight is 389 g/mol. The predicted octanol–water partition coefficient (Wildman–Crippen LogP) is 4.91. The second-order valence-electron chi connectivity index (χ2n) is 6.87. The Morgan fingerprint density at radius 1 is 1.38 bits per heavy atom. The van der Waals surface area contributed by atoms with Crippen LogP contribution in [0.25, 0.3) is 0 Å². The molecule has 0 aromatic heterocycles. The molecule has 0 spiro atoms. The summed E-state index contributed by atoms with van der Waals surface area (Å²) in [4.78, 5) is 0. The highest BCUT2D eigenvalue weighted by Crippen LogP contribution is 2.50. The smallest absolute Gasteiger partial charge is 0.321 e. The summed E-state index contributed by atoms with van der Waals surface area (Å²) in [7, 11) is 8.35. The summed E-state index contributed by atoms with van der Waals surface area (Å²) in [5.41, 5.74) is 0. The van der Waals surface area contributed by atoms with Crippen molar-refractivity contribution in [3.05, 3.63) is 11.2 Å². The van der Waals surface area contributed by atoms with Crippen molar-refractivity contribution in [1.29, 1.82) is 0 Å². The molecular formula is C16H29BNO3PS2. The first-order valence-electron chi connectivity index (χ1n) is 8.66. The molecule has 24 heavy (non-hydrogen) atoms. The Balaban J connectivity index is 2.02. The van der Waals surface area contributed by atoms with Crippen molar-refractivity contribution >= 4 is 38.0 Å². The zero-order chi connectivity index (χ0) is 17.7. The van der Waals surface area contributed by atoms with E-state index in [9.17, 15) is 0 Å². The van der Waals surface area contributed by atoms with Gasteiger partial charge in [-0.05, 0) is 40.0 Å². The topological polar surface area (TPSA) is 30.9 Å². The quantitative estimate of drug-likeness (QED) is 0.333. The first-order valence-corrected chi connectivity index (χ1v) is 12.2. The van der Waals surface area contributed by atoms with Crippen molar-refractivity contribution in [3.8, 4) is 0 Å². The van der Waals surface area contributed by atoms with Gasteiger partial charge in [0.25, 0.3) is 0 Å². The Bertz CT molecular complexity index is 420. The molecule has 136 valence electrons.